The van der Waals surface area contributed by atoms with E-state index in [1.165, 1.54) is 6.20 Å². The zero-order valence-corrected chi connectivity index (χ0v) is 12.6. The Labute approximate surface area is 127 Å². The van der Waals surface area contributed by atoms with Crippen LogP contribution in [0.1, 0.15) is 17.3 Å². The zero-order chi connectivity index (χ0) is 16.1. The predicted molar refractivity (Wildman–Crippen MR) is 81.7 cm³/mol. The quantitative estimate of drug-likeness (QED) is 0.845. The molecule has 0 amide bonds. The van der Waals surface area contributed by atoms with Crippen LogP contribution in [0.3, 0.4) is 0 Å². The van der Waals surface area contributed by atoms with Crippen LogP contribution in [-0.4, -0.2) is 41.8 Å². The number of nitrogens with zero attached hydrogens (tertiary/aromatic N) is 2. The van der Waals surface area contributed by atoms with Gasteiger partial charge in [0.15, 0.2) is 17.3 Å². The lowest BCUT2D eigenvalue weighted by molar-refractivity contribution is 0.0697. The van der Waals surface area contributed by atoms with Crippen LogP contribution in [0.15, 0.2) is 24.4 Å². The number of benzene rings is 1. The average Bonchev–Trinajstić information content (AvgIpc) is 2.54. The van der Waals surface area contributed by atoms with E-state index in [0.29, 0.717) is 29.5 Å². The zero-order valence-electron chi connectivity index (χ0n) is 12.6. The summed E-state index contributed by atoms with van der Waals surface area (Å²) in [7, 11) is 3.16. The van der Waals surface area contributed by atoms with E-state index in [1.54, 1.807) is 32.4 Å². The molecule has 0 atom stereocenters. The van der Waals surface area contributed by atoms with E-state index in [1.807, 2.05) is 6.92 Å². The minimum atomic E-state index is -1.08. The highest BCUT2D eigenvalue weighted by molar-refractivity contribution is 5.93. The number of aromatic carboxylic acids is 1. The maximum Gasteiger partial charge on any atom is 0.341 e. The standard InChI is InChI=1S/C15H17N3O4/c1-4-22-11-6-5-9(7-12(11)21-3)13-17-8-10(15(19)20)14(16-2)18-13/h5-8H,4H2,1-3H3,(H,19,20)(H,16,17,18). The monoisotopic (exact) mass is 303 g/mol. The summed E-state index contributed by atoms with van der Waals surface area (Å²) >= 11 is 0. The Kier molecular flexibility index (Phi) is 4.77. The summed E-state index contributed by atoms with van der Waals surface area (Å²) < 4.78 is 10.7. The topological polar surface area (TPSA) is 93.6 Å². The number of rotatable bonds is 6. The van der Waals surface area contributed by atoms with E-state index in [9.17, 15) is 4.79 Å². The molecule has 0 unspecified atom stereocenters. The third-order valence-corrected chi connectivity index (χ3v) is 2.98. The molecule has 7 heteroatoms. The first-order chi connectivity index (χ1) is 10.6. The number of nitrogens with one attached hydrogen (secondary N) is 1. The van der Waals surface area contributed by atoms with Gasteiger partial charge in [0, 0.05) is 18.8 Å². The van der Waals surface area contributed by atoms with Crippen molar-refractivity contribution < 1.29 is 19.4 Å². The number of hydrogen-bond donors (Lipinski definition) is 2. The fraction of sp³-hybridized carbons (Fsp3) is 0.267. The predicted octanol–water partition coefficient (Wildman–Crippen LogP) is 2.29. The molecule has 0 fully saturated rings. The lowest BCUT2D eigenvalue weighted by atomic mass is 10.1. The maximum absolute atomic E-state index is 11.1. The third-order valence-electron chi connectivity index (χ3n) is 2.98. The van der Waals surface area contributed by atoms with Crippen LogP contribution in [0.4, 0.5) is 5.82 Å². The first-order valence-corrected chi connectivity index (χ1v) is 6.70. The third kappa shape index (κ3) is 3.08. The highest BCUT2D eigenvalue weighted by Crippen LogP contribution is 2.31. The summed E-state index contributed by atoms with van der Waals surface area (Å²) in [6, 6.07) is 5.31. The Balaban J connectivity index is 2.45. The number of carbonyl (C=O) groups is 1. The van der Waals surface area contributed by atoms with Crippen LogP contribution in [0.2, 0.25) is 0 Å². The molecule has 0 spiro atoms. The normalized spacial score (nSPS) is 10.1. The smallest absolute Gasteiger partial charge is 0.341 e. The van der Waals surface area contributed by atoms with Crippen molar-refractivity contribution in [1.82, 2.24) is 9.97 Å². The van der Waals surface area contributed by atoms with E-state index in [-0.39, 0.29) is 11.4 Å². The number of anilines is 1. The molecular weight excluding hydrogens is 286 g/mol. The minimum absolute atomic E-state index is 0.0177. The number of carboxylic acids is 1. The molecule has 2 aromatic rings. The molecule has 0 aliphatic rings. The SMILES string of the molecule is CCOc1ccc(-c2ncc(C(=O)O)c(NC)n2)cc1OC. The fourth-order valence-electron chi connectivity index (χ4n) is 1.95. The van der Waals surface area contributed by atoms with Gasteiger partial charge in [-0.3, -0.25) is 0 Å². The van der Waals surface area contributed by atoms with Crippen LogP contribution in [0, 0.1) is 0 Å². The summed E-state index contributed by atoms with van der Waals surface area (Å²) in [6.07, 6.45) is 1.28. The van der Waals surface area contributed by atoms with Crippen LogP contribution in [-0.2, 0) is 0 Å². The van der Waals surface area contributed by atoms with Gasteiger partial charge in [0.2, 0.25) is 0 Å². The number of ether oxygens (including phenoxy) is 2. The average molecular weight is 303 g/mol. The molecule has 0 bridgehead atoms. The first-order valence-electron chi connectivity index (χ1n) is 6.70. The maximum atomic E-state index is 11.1. The number of aromatic nitrogens is 2. The Morgan fingerprint density at radius 1 is 1.36 bits per heavy atom. The lowest BCUT2D eigenvalue weighted by Gasteiger charge is -2.11. The first kappa shape index (κ1) is 15.6. The van der Waals surface area contributed by atoms with Crippen molar-refractivity contribution in [3.05, 3.63) is 30.0 Å². The van der Waals surface area contributed by atoms with Crippen molar-refractivity contribution in [3.63, 3.8) is 0 Å². The van der Waals surface area contributed by atoms with Crippen LogP contribution >= 0.6 is 0 Å². The number of methoxy groups -OCH3 is 1. The number of hydrogen-bond acceptors (Lipinski definition) is 6. The van der Waals surface area contributed by atoms with Crippen molar-refractivity contribution in [2.45, 2.75) is 6.92 Å². The van der Waals surface area contributed by atoms with Crippen LogP contribution in [0.5, 0.6) is 11.5 Å². The van der Waals surface area contributed by atoms with Gasteiger partial charge in [-0.05, 0) is 25.1 Å². The Bertz CT molecular complexity index is 688. The van der Waals surface area contributed by atoms with E-state index < -0.39 is 5.97 Å². The van der Waals surface area contributed by atoms with Gasteiger partial charge in [-0.25, -0.2) is 14.8 Å². The van der Waals surface area contributed by atoms with E-state index >= 15 is 0 Å². The Hall–Kier alpha value is -2.83. The molecule has 2 N–H and O–H groups in total. The van der Waals surface area contributed by atoms with Gasteiger partial charge >= 0.3 is 5.97 Å². The summed E-state index contributed by atoms with van der Waals surface area (Å²) in [5, 5.41) is 11.8. The molecule has 7 nitrogen and oxygen atoms in total. The molecule has 0 saturated carbocycles. The second kappa shape index (κ2) is 6.75. The molecule has 0 aliphatic heterocycles. The number of carboxylic acid groups (broad SMARTS) is 1. The molecule has 0 radical (unpaired) electrons. The van der Waals surface area contributed by atoms with E-state index in [2.05, 4.69) is 15.3 Å². The van der Waals surface area contributed by atoms with Crippen LogP contribution in [0.25, 0.3) is 11.4 Å². The van der Waals surface area contributed by atoms with Crippen molar-refractivity contribution in [1.29, 1.82) is 0 Å². The highest BCUT2D eigenvalue weighted by atomic mass is 16.5. The lowest BCUT2D eigenvalue weighted by Crippen LogP contribution is -2.07. The minimum Gasteiger partial charge on any atom is -0.493 e. The van der Waals surface area contributed by atoms with Crippen LogP contribution < -0.4 is 14.8 Å². The molecular formula is C15H17N3O4. The largest absolute Gasteiger partial charge is 0.493 e. The fourth-order valence-corrected chi connectivity index (χ4v) is 1.95. The summed E-state index contributed by atoms with van der Waals surface area (Å²) in [6.45, 7) is 2.42. The van der Waals surface area contributed by atoms with Gasteiger partial charge in [-0.15, -0.1) is 0 Å². The molecule has 1 heterocycles. The van der Waals surface area contributed by atoms with Crippen molar-refractivity contribution in [3.8, 4) is 22.9 Å². The van der Waals surface area contributed by atoms with Gasteiger partial charge in [0.25, 0.3) is 0 Å². The summed E-state index contributed by atoms with van der Waals surface area (Å²) in [5.41, 5.74) is 0.720. The van der Waals surface area contributed by atoms with E-state index in [4.69, 9.17) is 14.6 Å². The highest BCUT2D eigenvalue weighted by Gasteiger charge is 2.14. The molecule has 22 heavy (non-hydrogen) atoms. The summed E-state index contributed by atoms with van der Waals surface area (Å²) in [4.78, 5) is 19.4. The molecule has 2 rings (SSSR count). The van der Waals surface area contributed by atoms with Gasteiger partial charge in [-0.1, -0.05) is 0 Å². The van der Waals surface area contributed by atoms with Crippen molar-refractivity contribution in [2.75, 3.05) is 26.1 Å². The molecule has 0 saturated heterocycles. The Morgan fingerprint density at radius 2 is 2.14 bits per heavy atom. The molecule has 116 valence electrons. The Morgan fingerprint density at radius 3 is 2.73 bits per heavy atom. The van der Waals surface area contributed by atoms with Crippen molar-refractivity contribution in [2.24, 2.45) is 0 Å². The molecule has 1 aromatic heterocycles. The molecule has 0 aliphatic carbocycles. The van der Waals surface area contributed by atoms with Gasteiger partial charge in [0.05, 0.1) is 13.7 Å². The van der Waals surface area contributed by atoms with Gasteiger partial charge < -0.3 is 19.9 Å². The van der Waals surface area contributed by atoms with Gasteiger partial charge in [-0.2, -0.15) is 0 Å². The molecule has 1 aromatic carbocycles. The van der Waals surface area contributed by atoms with Gasteiger partial charge in [0.1, 0.15) is 11.4 Å². The summed E-state index contributed by atoms with van der Waals surface area (Å²) in [5.74, 6) is 0.766. The second-order valence-electron chi connectivity index (χ2n) is 4.31. The van der Waals surface area contributed by atoms with Crippen molar-refractivity contribution >= 4 is 11.8 Å². The van der Waals surface area contributed by atoms with E-state index in [0.717, 1.165) is 0 Å². The second-order valence-corrected chi connectivity index (χ2v) is 4.31.